The number of ether oxygens (including phenoxy) is 3. The molecule has 16 heteroatoms. The number of hydrogen-bond acceptors (Lipinski definition) is 8. The van der Waals surface area contributed by atoms with E-state index < -0.39 is 48.1 Å². The first-order chi connectivity index (χ1) is 18.7. The van der Waals surface area contributed by atoms with E-state index in [1.165, 1.54) is 6.92 Å². The van der Waals surface area contributed by atoms with Gasteiger partial charge in [-0.1, -0.05) is 0 Å². The first-order valence-corrected chi connectivity index (χ1v) is 12.8. The van der Waals surface area contributed by atoms with Crippen LogP contribution in [0.5, 0.6) is 5.75 Å². The summed E-state index contributed by atoms with van der Waals surface area (Å²) in [5.74, 6) is -3.35. The topological polar surface area (TPSA) is 105 Å². The van der Waals surface area contributed by atoms with E-state index in [1.807, 2.05) is 10.3 Å². The third kappa shape index (κ3) is 7.07. The van der Waals surface area contributed by atoms with Crippen molar-refractivity contribution in [2.45, 2.75) is 63.4 Å². The van der Waals surface area contributed by atoms with Gasteiger partial charge in [0.2, 0.25) is 11.8 Å². The molecule has 0 bridgehead atoms. The van der Waals surface area contributed by atoms with Crippen LogP contribution in [0.2, 0.25) is 0 Å². The van der Waals surface area contributed by atoms with Gasteiger partial charge in [-0.3, -0.25) is 15.0 Å². The van der Waals surface area contributed by atoms with Gasteiger partial charge in [0, 0.05) is 38.8 Å². The maximum absolute atomic E-state index is 13.2. The molecule has 40 heavy (non-hydrogen) atoms. The van der Waals surface area contributed by atoms with Gasteiger partial charge in [-0.25, -0.2) is 10.4 Å². The molecule has 2 fully saturated rings. The number of nitrogens with one attached hydrogen (secondary N) is 2. The first kappa shape index (κ1) is 30.1. The smallest absolute Gasteiger partial charge is 0.418 e. The fourth-order valence-electron chi connectivity index (χ4n) is 5.10. The van der Waals surface area contributed by atoms with E-state index >= 15 is 0 Å². The van der Waals surface area contributed by atoms with Crippen LogP contribution in [0.3, 0.4) is 0 Å². The van der Waals surface area contributed by atoms with E-state index in [4.69, 9.17) is 14.2 Å². The van der Waals surface area contributed by atoms with Crippen molar-refractivity contribution < 1.29 is 50.1 Å². The highest BCUT2D eigenvalue weighted by molar-refractivity contribution is 5.80. The van der Waals surface area contributed by atoms with E-state index in [9.17, 15) is 35.9 Å². The summed E-state index contributed by atoms with van der Waals surface area (Å²) in [4.78, 5) is 32.0. The zero-order chi connectivity index (χ0) is 29.2. The lowest BCUT2D eigenvalue weighted by molar-refractivity contribution is -0.219. The van der Waals surface area contributed by atoms with Crippen molar-refractivity contribution in [2.75, 3.05) is 44.3 Å². The molecule has 224 valence electrons. The maximum atomic E-state index is 13.2. The predicted molar refractivity (Wildman–Crippen MR) is 127 cm³/mol. The van der Waals surface area contributed by atoms with Crippen molar-refractivity contribution in [3.05, 3.63) is 17.8 Å². The Balaban J connectivity index is 1.26. The molecule has 2 unspecified atom stereocenters. The van der Waals surface area contributed by atoms with Crippen LogP contribution in [-0.4, -0.2) is 91.6 Å². The molecular formula is C24H31F6N5O5. The third-order valence-corrected chi connectivity index (χ3v) is 6.94. The van der Waals surface area contributed by atoms with Crippen molar-refractivity contribution in [1.82, 2.24) is 20.7 Å². The van der Waals surface area contributed by atoms with Gasteiger partial charge in [-0.15, -0.1) is 0 Å². The largest absolute Gasteiger partial charge is 0.487 e. The number of carbonyl (C=O) groups is 2. The number of amides is 2. The summed E-state index contributed by atoms with van der Waals surface area (Å²) in [5, 5.41) is 0. The summed E-state index contributed by atoms with van der Waals surface area (Å²) in [7, 11) is 0. The Morgan fingerprint density at radius 1 is 1.25 bits per heavy atom. The van der Waals surface area contributed by atoms with Crippen LogP contribution in [0.1, 0.15) is 32.3 Å². The number of carbonyl (C=O) groups excluding carboxylic acids is 2. The lowest BCUT2D eigenvalue weighted by Crippen LogP contribution is -2.60. The van der Waals surface area contributed by atoms with Crippen LogP contribution in [-0.2, 0) is 25.2 Å². The number of rotatable bonds is 7. The predicted octanol–water partition coefficient (Wildman–Crippen LogP) is 2.28. The van der Waals surface area contributed by atoms with Gasteiger partial charge in [-0.2, -0.15) is 26.3 Å². The van der Waals surface area contributed by atoms with Gasteiger partial charge in [0.15, 0.2) is 17.5 Å². The van der Waals surface area contributed by atoms with Crippen LogP contribution in [0.4, 0.5) is 32.2 Å². The molecule has 10 nitrogen and oxygen atoms in total. The fraction of sp³-hybridized carbons (Fsp3) is 0.708. The molecule has 0 aromatic carbocycles. The summed E-state index contributed by atoms with van der Waals surface area (Å²) in [6.45, 7) is 3.96. The zero-order valence-corrected chi connectivity index (χ0v) is 21.8. The molecule has 0 aliphatic carbocycles. The highest BCUT2D eigenvalue weighted by Crippen LogP contribution is 2.39. The summed E-state index contributed by atoms with van der Waals surface area (Å²) >= 11 is 0. The minimum Gasteiger partial charge on any atom is -0.487 e. The van der Waals surface area contributed by atoms with Crippen molar-refractivity contribution in [3.8, 4) is 5.75 Å². The number of fused-ring (bicyclic) bond motifs is 3. The quantitative estimate of drug-likeness (QED) is 0.372. The van der Waals surface area contributed by atoms with Crippen molar-refractivity contribution in [3.63, 3.8) is 0 Å². The van der Waals surface area contributed by atoms with Crippen LogP contribution in [0.25, 0.3) is 0 Å². The number of hydrogen-bond donors (Lipinski definition) is 2. The molecule has 1 aromatic rings. The third-order valence-electron chi connectivity index (χ3n) is 6.94. The molecule has 4 rings (SSSR count). The second-order valence-corrected chi connectivity index (χ2v) is 10.1. The minimum atomic E-state index is -4.76. The highest BCUT2D eigenvalue weighted by atomic mass is 19.4. The Morgan fingerprint density at radius 3 is 2.70 bits per heavy atom. The van der Waals surface area contributed by atoms with Gasteiger partial charge < -0.3 is 24.0 Å². The molecule has 5 atom stereocenters. The van der Waals surface area contributed by atoms with Crippen LogP contribution >= 0.6 is 0 Å². The molecular weight excluding hydrogens is 552 g/mol. The average molecular weight is 584 g/mol. The van der Waals surface area contributed by atoms with Crippen molar-refractivity contribution in [1.29, 1.82) is 0 Å². The number of pyridine rings is 1. The standard InChI is InChI=1S/C24H31F6N5O5/c1-13-7-16-11-34(4-5-35(16)21-17(39-13)8-15(9-31-21)23(25,26)27)19(36)3-6-38-12-14(2)40-18-10-32-33-22(37)20(18)24(28,29)30/h8-9,13-14,16,18,20,32H,3-7,10-12H2,1-2H3,(H,33,37)/t13-,14-,16+,18?,20?/m0/s1. The van der Waals surface area contributed by atoms with Gasteiger partial charge in [0.05, 0.1) is 49.6 Å². The number of aromatic nitrogens is 1. The van der Waals surface area contributed by atoms with E-state index in [2.05, 4.69) is 10.4 Å². The van der Waals surface area contributed by atoms with Crippen LogP contribution in [0.15, 0.2) is 12.3 Å². The van der Waals surface area contributed by atoms with Gasteiger partial charge in [0.1, 0.15) is 0 Å². The lowest BCUT2D eigenvalue weighted by Gasteiger charge is -2.41. The fourth-order valence-corrected chi connectivity index (χ4v) is 5.10. The molecule has 0 saturated carbocycles. The Bertz CT molecular complexity index is 1070. The Labute approximate surface area is 226 Å². The highest BCUT2D eigenvalue weighted by Gasteiger charge is 2.52. The number of halogens is 6. The monoisotopic (exact) mass is 583 g/mol. The van der Waals surface area contributed by atoms with E-state index in [1.54, 1.807) is 11.8 Å². The molecule has 1 aromatic heterocycles. The normalized spacial score (nSPS) is 26.2. The van der Waals surface area contributed by atoms with E-state index in [-0.39, 0.29) is 43.9 Å². The van der Waals surface area contributed by atoms with E-state index in [0.29, 0.717) is 31.9 Å². The summed E-state index contributed by atoms with van der Waals surface area (Å²) in [6, 6.07) is 0.735. The number of anilines is 1. The number of alkyl halides is 6. The van der Waals surface area contributed by atoms with E-state index in [0.717, 1.165) is 12.3 Å². The van der Waals surface area contributed by atoms with Gasteiger partial charge in [-0.05, 0) is 19.9 Å². The maximum Gasteiger partial charge on any atom is 0.418 e. The second kappa shape index (κ2) is 11.9. The summed E-state index contributed by atoms with van der Waals surface area (Å²) in [6.07, 6.45) is -10.6. The molecule has 0 spiro atoms. The minimum absolute atomic E-state index is 0.00758. The number of nitrogens with zero attached hydrogens (tertiary/aromatic N) is 3. The lowest BCUT2D eigenvalue weighted by atomic mass is 9.99. The van der Waals surface area contributed by atoms with Crippen LogP contribution in [0, 0.1) is 5.92 Å². The molecule has 2 amide bonds. The number of piperazine rings is 1. The first-order valence-electron chi connectivity index (χ1n) is 12.8. The zero-order valence-electron chi connectivity index (χ0n) is 21.8. The van der Waals surface area contributed by atoms with Gasteiger partial charge >= 0.3 is 12.4 Å². The summed E-state index contributed by atoms with van der Waals surface area (Å²) < 4.78 is 95.8. The van der Waals surface area contributed by atoms with Gasteiger partial charge in [0.25, 0.3) is 0 Å². The molecule has 0 radical (unpaired) electrons. The Hall–Kier alpha value is -2.85. The second-order valence-electron chi connectivity index (χ2n) is 10.1. The average Bonchev–Trinajstić information content (AvgIpc) is 2.99. The molecule has 2 N–H and O–H groups in total. The van der Waals surface area contributed by atoms with Crippen molar-refractivity contribution >= 4 is 17.6 Å². The summed E-state index contributed by atoms with van der Waals surface area (Å²) in [5.41, 5.74) is 3.44. The Morgan fingerprint density at radius 2 is 2.00 bits per heavy atom. The molecule has 4 heterocycles. The molecule has 2 saturated heterocycles. The SMILES string of the molecule is C[C@H]1C[C@@H]2CN(C(=O)CCOC[C@H](C)OC3CNNC(=O)C3C(F)(F)F)CCN2c2ncc(C(F)(F)F)cc2O1. The Kier molecular flexibility index (Phi) is 8.99. The molecule has 3 aliphatic heterocycles. The number of hydrazine groups is 1. The molecule has 3 aliphatic rings. The van der Waals surface area contributed by atoms with Crippen molar-refractivity contribution in [2.24, 2.45) is 5.92 Å². The van der Waals surface area contributed by atoms with Crippen LogP contribution < -0.4 is 20.5 Å².